The fourth-order valence-electron chi connectivity index (χ4n) is 1.63. The van der Waals surface area contributed by atoms with E-state index in [1.807, 2.05) is 43.3 Å². The van der Waals surface area contributed by atoms with Gasteiger partial charge < -0.3 is 5.11 Å². The zero-order chi connectivity index (χ0) is 11.5. The molecule has 0 saturated heterocycles. The number of halogens is 1. The smallest absolute Gasteiger partial charge is 0.106 e. The van der Waals surface area contributed by atoms with Gasteiger partial charge in [-0.15, -0.1) is 0 Å². The standard InChI is InChI=1S/C13H12BrNO/c1-9-7-12(14)15-8-11(9)13(16)10-5-3-2-4-6-10/h2-8,13,16H,1H3/t13-/m0/s1. The summed E-state index contributed by atoms with van der Waals surface area (Å²) in [6.07, 6.45) is 1.10. The van der Waals surface area contributed by atoms with Crippen LogP contribution < -0.4 is 0 Å². The van der Waals surface area contributed by atoms with Crippen molar-refractivity contribution >= 4 is 15.9 Å². The molecule has 3 heteroatoms. The average Bonchev–Trinajstić information content (AvgIpc) is 2.29. The number of rotatable bonds is 2. The Morgan fingerprint density at radius 2 is 1.94 bits per heavy atom. The molecule has 1 heterocycles. The second kappa shape index (κ2) is 4.76. The molecule has 1 atom stereocenters. The zero-order valence-electron chi connectivity index (χ0n) is 8.89. The molecule has 0 bridgehead atoms. The van der Waals surface area contributed by atoms with Gasteiger partial charge in [-0.25, -0.2) is 4.98 Å². The quantitative estimate of drug-likeness (QED) is 0.855. The third kappa shape index (κ3) is 2.31. The van der Waals surface area contributed by atoms with Crippen molar-refractivity contribution in [2.75, 3.05) is 0 Å². The van der Waals surface area contributed by atoms with Crippen LogP contribution in [-0.2, 0) is 0 Å². The van der Waals surface area contributed by atoms with Gasteiger partial charge in [-0.05, 0) is 40.0 Å². The maximum Gasteiger partial charge on any atom is 0.106 e. The number of aryl methyl sites for hydroxylation is 1. The summed E-state index contributed by atoms with van der Waals surface area (Å²) < 4.78 is 0.786. The van der Waals surface area contributed by atoms with Gasteiger partial charge in [-0.1, -0.05) is 30.3 Å². The lowest BCUT2D eigenvalue weighted by molar-refractivity contribution is 0.219. The van der Waals surface area contributed by atoms with Gasteiger partial charge in [0.1, 0.15) is 10.7 Å². The number of aliphatic hydroxyl groups is 1. The van der Waals surface area contributed by atoms with Gasteiger partial charge in [0, 0.05) is 11.8 Å². The van der Waals surface area contributed by atoms with Gasteiger partial charge in [0.25, 0.3) is 0 Å². The van der Waals surface area contributed by atoms with E-state index >= 15 is 0 Å². The Labute approximate surface area is 103 Å². The molecule has 0 unspecified atom stereocenters. The first-order valence-electron chi connectivity index (χ1n) is 5.03. The van der Waals surface area contributed by atoms with Crippen LogP contribution in [0.4, 0.5) is 0 Å². The Balaban J connectivity index is 2.38. The van der Waals surface area contributed by atoms with Crippen LogP contribution >= 0.6 is 15.9 Å². The van der Waals surface area contributed by atoms with Gasteiger partial charge in [-0.2, -0.15) is 0 Å². The topological polar surface area (TPSA) is 33.1 Å². The maximum absolute atomic E-state index is 10.2. The van der Waals surface area contributed by atoms with Gasteiger partial charge >= 0.3 is 0 Å². The Hall–Kier alpha value is -1.19. The van der Waals surface area contributed by atoms with Crippen molar-refractivity contribution in [2.24, 2.45) is 0 Å². The van der Waals surface area contributed by atoms with Crippen molar-refractivity contribution in [3.8, 4) is 0 Å². The van der Waals surface area contributed by atoms with Gasteiger partial charge in [0.05, 0.1) is 0 Å². The summed E-state index contributed by atoms with van der Waals surface area (Å²) in [5.74, 6) is 0. The normalized spacial score (nSPS) is 12.4. The van der Waals surface area contributed by atoms with Crippen LogP contribution in [0.5, 0.6) is 0 Å². The summed E-state index contributed by atoms with van der Waals surface area (Å²) in [5.41, 5.74) is 2.75. The van der Waals surface area contributed by atoms with Crippen LogP contribution in [-0.4, -0.2) is 10.1 Å². The molecule has 1 aromatic carbocycles. The second-order valence-corrected chi connectivity index (χ2v) is 4.49. The van der Waals surface area contributed by atoms with E-state index < -0.39 is 6.10 Å². The van der Waals surface area contributed by atoms with Crippen LogP contribution in [0, 0.1) is 6.92 Å². The van der Waals surface area contributed by atoms with E-state index in [9.17, 15) is 5.11 Å². The Morgan fingerprint density at radius 3 is 2.56 bits per heavy atom. The van der Waals surface area contributed by atoms with Gasteiger partial charge in [-0.3, -0.25) is 0 Å². The summed E-state index contributed by atoms with van der Waals surface area (Å²) in [5, 5.41) is 10.2. The largest absolute Gasteiger partial charge is 0.384 e. The third-order valence-electron chi connectivity index (χ3n) is 2.53. The van der Waals surface area contributed by atoms with Crippen LogP contribution in [0.25, 0.3) is 0 Å². The lowest BCUT2D eigenvalue weighted by Crippen LogP contribution is -2.02. The molecule has 2 aromatic rings. The fourth-order valence-corrected chi connectivity index (χ4v) is 2.08. The van der Waals surface area contributed by atoms with Crippen molar-refractivity contribution in [3.63, 3.8) is 0 Å². The number of hydrogen-bond donors (Lipinski definition) is 1. The fraction of sp³-hybridized carbons (Fsp3) is 0.154. The molecule has 2 nitrogen and oxygen atoms in total. The van der Waals surface area contributed by atoms with Crippen molar-refractivity contribution in [1.82, 2.24) is 4.98 Å². The van der Waals surface area contributed by atoms with E-state index in [4.69, 9.17) is 0 Å². The number of aromatic nitrogens is 1. The van der Waals surface area contributed by atoms with Crippen molar-refractivity contribution < 1.29 is 5.11 Å². The summed E-state index contributed by atoms with van der Waals surface area (Å²) in [6, 6.07) is 11.5. The van der Waals surface area contributed by atoms with E-state index in [1.54, 1.807) is 6.20 Å². The van der Waals surface area contributed by atoms with E-state index in [1.165, 1.54) is 0 Å². The first-order chi connectivity index (χ1) is 7.68. The van der Waals surface area contributed by atoms with Gasteiger partial charge in [0.2, 0.25) is 0 Å². The average molecular weight is 278 g/mol. The lowest BCUT2D eigenvalue weighted by atomic mass is 10.00. The van der Waals surface area contributed by atoms with E-state index in [2.05, 4.69) is 20.9 Å². The molecule has 2 rings (SSSR count). The number of pyridine rings is 1. The van der Waals surface area contributed by atoms with Gasteiger partial charge in [0.15, 0.2) is 0 Å². The minimum absolute atomic E-state index is 0.609. The van der Waals surface area contributed by atoms with E-state index in [0.717, 1.165) is 21.3 Å². The van der Waals surface area contributed by atoms with Crippen molar-refractivity contribution in [1.29, 1.82) is 0 Å². The molecule has 0 fully saturated rings. The minimum Gasteiger partial charge on any atom is -0.384 e. The first-order valence-corrected chi connectivity index (χ1v) is 5.83. The molecule has 1 aromatic heterocycles. The molecule has 0 aliphatic carbocycles. The molecule has 16 heavy (non-hydrogen) atoms. The number of benzene rings is 1. The highest BCUT2D eigenvalue weighted by atomic mass is 79.9. The summed E-state index contributed by atoms with van der Waals surface area (Å²) in [6.45, 7) is 1.97. The van der Waals surface area contributed by atoms with E-state index in [0.29, 0.717) is 0 Å². The number of nitrogens with zero attached hydrogens (tertiary/aromatic N) is 1. The summed E-state index contributed by atoms with van der Waals surface area (Å²) >= 11 is 3.31. The molecule has 0 radical (unpaired) electrons. The number of hydrogen-bond acceptors (Lipinski definition) is 2. The molecule has 0 aliphatic rings. The molecule has 82 valence electrons. The second-order valence-electron chi connectivity index (χ2n) is 3.68. The molecule has 0 amide bonds. The Kier molecular flexibility index (Phi) is 3.36. The Bertz CT molecular complexity index is 485. The Morgan fingerprint density at radius 1 is 1.25 bits per heavy atom. The van der Waals surface area contributed by atoms with Crippen molar-refractivity contribution in [3.05, 3.63) is 63.9 Å². The maximum atomic E-state index is 10.2. The zero-order valence-corrected chi connectivity index (χ0v) is 10.5. The highest BCUT2D eigenvalue weighted by Crippen LogP contribution is 2.25. The highest BCUT2D eigenvalue weighted by molar-refractivity contribution is 9.10. The minimum atomic E-state index is -0.609. The SMILES string of the molecule is Cc1cc(Br)ncc1[C@@H](O)c1ccccc1. The third-order valence-corrected chi connectivity index (χ3v) is 2.96. The van der Waals surface area contributed by atoms with Crippen LogP contribution in [0.1, 0.15) is 22.8 Å². The van der Waals surface area contributed by atoms with E-state index in [-0.39, 0.29) is 0 Å². The van der Waals surface area contributed by atoms with Crippen LogP contribution in [0.2, 0.25) is 0 Å². The molecule has 0 spiro atoms. The van der Waals surface area contributed by atoms with Crippen LogP contribution in [0.3, 0.4) is 0 Å². The first kappa shape index (κ1) is 11.3. The predicted octanol–water partition coefficient (Wildman–Crippen LogP) is 3.23. The molecular weight excluding hydrogens is 266 g/mol. The summed E-state index contributed by atoms with van der Waals surface area (Å²) in [4.78, 5) is 4.14. The monoisotopic (exact) mass is 277 g/mol. The summed E-state index contributed by atoms with van der Waals surface area (Å²) in [7, 11) is 0. The predicted molar refractivity (Wildman–Crippen MR) is 67.2 cm³/mol. The molecular formula is C13H12BrNO. The number of aliphatic hydroxyl groups excluding tert-OH is 1. The van der Waals surface area contributed by atoms with Crippen LogP contribution in [0.15, 0.2) is 47.2 Å². The molecule has 1 N–H and O–H groups in total. The molecule has 0 aliphatic heterocycles. The van der Waals surface area contributed by atoms with Crippen molar-refractivity contribution in [2.45, 2.75) is 13.0 Å². The molecule has 0 saturated carbocycles. The lowest BCUT2D eigenvalue weighted by Gasteiger charge is -2.13. The highest BCUT2D eigenvalue weighted by Gasteiger charge is 2.12.